The van der Waals surface area contributed by atoms with E-state index in [2.05, 4.69) is 0 Å². The molecule has 3 rings (SSSR count). The molecule has 0 N–H and O–H groups in total. The van der Waals surface area contributed by atoms with E-state index in [-0.39, 0.29) is 5.78 Å². The van der Waals surface area contributed by atoms with Crippen LogP contribution in [-0.2, 0) is 11.2 Å². The molecule has 20 heavy (non-hydrogen) atoms. The Hall–Kier alpha value is -2.00. The average Bonchev–Trinajstić information content (AvgIpc) is 2.48. The fraction of sp³-hybridized carbons (Fsp3) is 0.235. The van der Waals surface area contributed by atoms with Crippen molar-refractivity contribution in [1.82, 2.24) is 0 Å². The van der Waals surface area contributed by atoms with Crippen LogP contribution < -0.4 is 0 Å². The summed E-state index contributed by atoms with van der Waals surface area (Å²) < 4.78 is 19.0. The Morgan fingerprint density at radius 2 is 2.05 bits per heavy atom. The monoisotopic (exact) mass is 270 g/mol. The lowest BCUT2D eigenvalue weighted by Crippen LogP contribution is -2.24. The van der Waals surface area contributed by atoms with E-state index in [0.29, 0.717) is 12.2 Å². The van der Waals surface area contributed by atoms with Crippen LogP contribution in [-0.4, -0.2) is 12.4 Å². The molecule has 2 aromatic carbocycles. The summed E-state index contributed by atoms with van der Waals surface area (Å²) in [5.41, 5.74) is 3.19. The molecule has 2 aromatic rings. The summed E-state index contributed by atoms with van der Waals surface area (Å²) in [6.45, 7) is 2.32. The van der Waals surface area contributed by atoms with Crippen LogP contribution in [0.15, 0.2) is 42.5 Å². The number of hydrogen-bond acceptors (Lipinski definition) is 2. The van der Waals surface area contributed by atoms with Crippen LogP contribution in [0.3, 0.4) is 0 Å². The molecule has 0 aliphatic carbocycles. The summed E-state index contributed by atoms with van der Waals surface area (Å²) in [6, 6.07) is 12.0. The van der Waals surface area contributed by atoms with Gasteiger partial charge < -0.3 is 4.74 Å². The number of carbonyl (C=O) groups excluding carboxylic acids is 1. The maximum atomic E-state index is 13.4. The molecule has 0 saturated heterocycles. The summed E-state index contributed by atoms with van der Waals surface area (Å²) >= 11 is 0. The Morgan fingerprint density at radius 3 is 2.90 bits per heavy atom. The molecule has 0 spiro atoms. The maximum Gasteiger partial charge on any atom is 0.196 e. The predicted molar refractivity (Wildman–Crippen MR) is 74.3 cm³/mol. The third-order valence-corrected chi connectivity index (χ3v) is 3.70. The second-order valence-corrected chi connectivity index (χ2v) is 5.02. The average molecular weight is 270 g/mol. The molecule has 1 aliphatic rings. The highest BCUT2D eigenvalue weighted by Crippen LogP contribution is 2.30. The smallest absolute Gasteiger partial charge is 0.196 e. The fourth-order valence-corrected chi connectivity index (χ4v) is 2.61. The van der Waals surface area contributed by atoms with Gasteiger partial charge in [-0.2, -0.15) is 0 Å². The molecule has 1 heterocycles. The van der Waals surface area contributed by atoms with Gasteiger partial charge in [-0.25, -0.2) is 4.39 Å². The Kier molecular flexibility index (Phi) is 3.36. The van der Waals surface area contributed by atoms with E-state index >= 15 is 0 Å². The number of ether oxygens (including phenoxy) is 1. The molecule has 0 aromatic heterocycles. The minimum absolute atomic E-state index is 0.172. The maximum absolute atomic E-state index is 13.4. The van der Waals surface area contributed by atoms with Crippen molar-refractivity contribution in [3.05, 3.63) is 70.5 Å². The predicted octanol–water partition coefficient (Wildman–Crippen LogP) is 3.63. The van der Waals surface area contributed by atoms with Crippen LogP contribution in [0.25, 0.3) is 0 Å². The van der Waals surface area contributed by atoms with E-state index in [1.807, 2.05) is 24.3 Å². The Bertz CT molecular complexity index is 664. The van der Waals surface area contributed by atoms with Gasteiger partial charge in [0.25, 0.3) is 0 Å². The van der Waals surface area contributed by atoms with E-state index in [4.69, 9.17) is 4.74 Å². The normalized spacial score (nSPS) is 17.6. The zero-order valence-electron chi connectivity index (χ0n) is 11.2. The zero-order chi connectivity index (χ0) is 14.1. The van der Waals surface area contributed by atoms with Crippen molar-refractivity contribution in [2.24, 2.45) is 0 Å². The number of Topliss-reactive ketones (excluding diaryl/α,β-unsaturated/α-hetero) is 1. The van der Waals surface area contributed by atoms with Crippen LogP contribution in [0.4, 0.5) is 4.39 Å². The van der Waals surface area contributed by atoms with Gasteiger partial charge in [0, 0.05) is 5.56 Å². The van der Waals surface area contributed by atoms with Crippen molar-refractivity contribution in [2.45, 2.75) is 19.4 Å². The van der Waals surface area contributed by atoms with Gasteiger partial charge in [-0.15, -0.1) is 0 Å². The Labute approximate surface area is 117 Å². The minimum Gasteiger partial charge on any atom is -0.365 e. The van der Waals surface area contributed by atoms with Gasteiger partial charge in [-0.3, -0.25) is 4.79 Å². The molecule has 1 atom stereocenters. The van der Waals surface area contributed by atoms with E-state index in [0.717, 1.165) is 23.1 Å². The van der Waals surface area contributed by atoms with Gasteiger partial charge in [0.2, 0.25) is 0 Å². The van der Waals surface area contributed by atoms with E-state index in [9.17, 15) is 9.18 Å². The summed E-state index contributed by atoms with van der Waals surface area (Å²) in [5.74, 6) is -0.572. The minimum atomic E-state index is -0.625. The first kappa shape index (κ1) is 13.0. The van der Waals surface area contributed by atoms with Gasteiger partial charge in [-0.05, 0) is 42.2 Å². The Balaban J connectivity index is 2.02. The van der Waals surface area contributed by atoms with Crippen LogP contribution >= 0.6 is 0 Å². The number of aryl methyl sites for hydroxylation is 1. The van der Waals surface area contributed by atoms with Crippen molar-refractivity contribution in [1.29, 1.82) is 0 Å². The SMILES string of the molecule is Cc1ccc(F)cc1C(=O)C1OCCc2ccccc21. The summed E-state index contributed by atoms with van der Waals surface area (Å²) in [4.78, 5) is 12.6. The van der Waals surface area contributed by atoms with Crippen LogP contribution in [0, 0.1) is 12.7 Å². The highest BCUT2D eigenvalue weighted by Gasteiger charge is 2.28. The van der Waals surface area contributed by atoms with Crippen LogP contribution in [0.1, 0.15) is 33.2 Å². The van der Waals surface area contributed by atoms with Crippen molar-refractivity contribution >= 4 is 5.78 Å². The van der Waals surface area contributed by atoms with Crippen LogP contribution in [0.2, 0.25) is 0 Å². The topological polar surface area (TPSA) is 26.3 Å². The standard InChI is InChI=1S/C17H15FO2/c1-11-6-7-13(18)10-15(11)16(19)17-14-5-3-2-4-12(14)8-9-20-17/h2-7,10,17H,8-9H2,1H3. The van der Waals surface area contributed by atoms with Crippen molar-refractivity contribution in [3.63, 3.8) is 0 Å². The zero-order valence-corrected chi connectivity index (χ0v) is 11.2. The quantitative estimate of drug-likeness (QED) is 0.779. The number of halogens is 1. The summed E-state index contributed by atoms with van der Waals surface area (Å²) in [7, 11) is 0. The van der Waals surface area contributed by atoms with Gasteiger partial charge in [0.1, 0.15) is 11.9 Å². The lowest BCUT2D eigenvalue weighted by atomic mass is 9.91. The Morgan fingerprint density at radius 1 is 1.25 bits per heavy atom. The largest absolute Gasteiger partial charge is 0.365 e. The third kappa shape index (κ3) is 2.25. The molecular formula is C17H15FO2. The van der Waals surface area contributed by atoms with Gasteiger partial charge in [-0.1, -0.05) is 30.3 Å². The number of rotatable bonds is 2. The molecule has 2 nitrogen and oxygen atoms in total. The first-order chi connectivity index (χ1) is 9.66. The number of ketones is 1. The molecule has 3 heteroatoms. The lowest BCUT2D eigenvalue weighted by Gasteiger charge is -2.25. The van der Waals surface area contributed by atoms with Gasteiger partial charge in [0.15, 0.2) is 5.78 Å². The van der Waals surface area contributed by atoms with E-state index in [1.54, 1.807) is 13.0 Å². The molecule has 0 bridgehead atoms. The first-order valence-corrected chi connectivity index (χ1v) is 6.66. The third-order valence-electron chi connectivity index (χ3n) is 3.70. The molecule has 1 unspecified atom stereocenters. The molecule has 0 fully saturated rings. The molecule has 0 saturated carbocycles. The van der Waals surface area contributed by atoms with Crippen LogP contribution in [0.5, 0.6) is 0 Å². The van der Waals surface area contributed by atoms with Gasteiger partial charge >= 0.3 is 0 Å². The van der Waals surface area contributed by atoms with E-state index < -0.39 is 11.9 Å². The second-order valence-electron chi connectivity index (χ2n) is 5.02. The fourth-order valence-electron chi connectivity index (χ4n) is 2.61. The number of carbonyl (C=O) groups is 1. The second kappa shape index (κ2) is 5.17. The number of benzene rings is 2. The summed E-state index contributed by atoms with van der Waals surface area (Å²) in [5, 5.41) is 0. The highest BCUT2D eigenvalue weighted by atomic mass is 19.1. The molecule has 102 valence electrons. The van der Waals surface area contributed by atoms with Crippen molar-refractivity contribution in [2.75, 3.05) is 6.61 Å². The van der Waals surface area contributed by atoms with Crippen molar-refractivity contribution < 1.29 is 13.9 Å². The van der Waals surface area contributed by atoms with Gasteiger partial charge in [0.05, 0.1) is 6.61 Å². The number of fused-ring (bicyclic) bond motifs is 1. The highest BCUT2D eigenvalue weighted by molar-refractivity contribution is 6.01. The summed E-state index contributed by atoms with van der Waals surface area (Å²) in [6.07, 6.45) is 0.183. The molecule has 0 radical (unpaired) electrons. The lowest BCUT2D eigenvalue weighted by molar-refractivity contribution is 0.0348. The molecule has 1 aliphatic heterocycles. The van der Waals surface area contributed by atoms with E-state index in [1.165, 1.54) is 12.1 Å². The molecular weight excluding hydrogens is 255 g/mol. The molecule has 0 amide bonds. The number of hydrogen-bond donors (Lipinski definition) is 0. The first-order valence-electron chi connectivity index (χ1n) is 6.66. The van der Waals surface area contributed by atoms with Crippen molar-refractivity contribution in [3.8, 4) is 0 Å².